The Hall–Kier alpha value is -1.88. The van der Waals surface area contributed by atoms with Gasteiger partial charge >= 0.3 is 5.97 Å². The van der Waals surface area contributed by atoms with Crippen LogP contribution in [0.4, 0.5) is 0 Å². The van der Waals surface area contributed by atoms with Crippen LogP contribution in [0.2, 0.25) is 0 Å². The van der Waals surface area contributed by atoms with E-state index in [0.717, 1.165) is 0 Å². The molecule has 0 saturated heterocycles. The molecule has 1 rings (SSSR count). The molecule has 0 aliphatic carbocycles. The minimum atomic E-state index is -0.446. The van der Waals surface area contributed by atoms with Crippen molar-refractivity contribution in [2.75, 3.05) is 6.54 Å². The molecule has 0 heterocycles. The van der Waals surface area contributed by atoms with Crippen molar-refractivity contribution in [2.45, 2.75) is 19.8 Å². The molecule has 102 valence electrons. The summed E-state index contributed by atoms with van der Waals surface area (Å²) in [6.07, 6.45) is 0.701. The summed E-state index contributed by atoms with van der Waals surface area (Å²) in [7, 11) is 0. The van der Waals surface area contributed by atoms with E-state index in [2.05, 4.69) is 5.32 Å². The molecule has 0 spiro atoms. The zero-order valence-corrected chi connectivity index (χ0v) is 11.2. The number of halogens is 1. The number of esters is 1. The lowest BCUT2D eigenvalue weighted by atomic mass is 10.2. The Labute approximate surface area is 115 Å². The average Bonchev–Trinajstić information content (AvgIpc) is 2.33. The largest absolute Gasteiger partial charge is 0.427 e. The summed E-state index contributed by atoms with van der Waals surface area (Å²) in [4.78, 5) is 33.1. The van der Waals surface area contributed by atoms with E-state index in [1.54, 1.807) is 18.2 Å². The number of nitrogens with one attached hydrogen (secondary N) is 1. The highest BCUT2D eigenvalue weighted by Crippen LogP contribution is 2.13. The first-order valence-electron chi connectivity index (χ1n) is 5.74. The van der Waals surface area contributed by atoms with Crippen LogP contribution >= 0.6 is 11.6 Å². The molecule has 0 saturated carbocycles. The van der Waals surface area contributed by atoms with E-state index in [1.165, 1.54) is 13.0 Å². The van der Waals surface area contributed by atoms with Gasteiger partial charge in [0, 0.05) is 25.5 Å². The zero-order chi connectivity index (χ0) is 14.3. The Kier molecular flexibility index (Phi) is 6.02. The van der Waals surface area contributed by atoms with Crippen LogP contribution in [0.25, 0.3) is 0 Å². The summed E-state index contributed by atoms with van der Waals surface area (Å²) in [5.41, 5.74) is 0.385. The average molecular weight is 284 g/mol. The molecule has 5 nitrogen and oxygen atoms in total. The van der Waals surface area contributed by atoms with Crippen molar-refractivity contribution in [3.8, 4) is 5.75 Å². The number of carbonyl (C=O) groups is 3. The quantitative estimate of drug-likeness (QED) is 0.374. The molecule has 1 aromatic rings. The van der Waals surface area contributed by atoms with Gasteiger partial charge < -0.3 is 10.1 Å². The number of hydrogen-bond acceptors (Lipinski definition) is 4. The van der Waals surface area contributed by atoms with Gasteiger partial charge in [0.1, 0.15) is 5.75 Å². The van der Waals surface area contributed by atoms with Crippen LogP contribution in [-0.2, 0) is 9.59 Å². The second-order valence-electron chi connectivity index (χ2n) is 3.84. The van der Waals surface area contributed by atoms with E-state index >= 15 is 0 Å². The van der Waals surface area contributed by atoms with Crippen LogP contribution in [0.15, 0.2) is 24.3 Å². The summed E-state index contributed by atoms with van der Waals surface area (Å²) in [6, 6.07) is 6.29. The lowest BCUT2D eigenvalue weighted by Crippen LogP contribution is -2.24. The molecule has 1 aromatic carbocycles. The Morgan fingerprint density at radius 3 is 2.68 bits per heavy atom. The summed E-state index contributed by atoms with van der Waals surface area (Å²) >= 11 is 5.18. The molecular weight excluding hydrogens is 270 g/mol. The van der Waals surface area contributed by atoms with Crippen molar-refractivity contribution in [2.24, 2.45) is 0 Å². The monoisotopic (exact) mass is 283 g/mol. The van der Waals surface area contributed by atoms with Gasteiger partial charge in [0.15, 0.2) is 0 Å². The van der Waals surface area contributed by atoms with Crippen molar-refractivity contribution in [1.29, 1.82) is 0 Å². The van der Waals surface area contributed by atoms with E-state index in [0.29, 0.717) is 24.3 Å². The fourth-order valence-electron chi connectivity index (χ4n) is 1.40. The predicted octanol–water partition coefficient (Wildman–Crippen LogP) is 1.89. The normalized spacial score (nSPS) is 9.79. The lowest BCUT2D eigenvalue weighted by Gasteiger charge is -2.06. The predicted molar refractivity (Wildman–Crippen MR) is 70.2 cm³/mol. The van der Waals surface area contributed by atoms with E-state index < -0.39 is 11.2 Å². The third-order valence-electron chi connectivity index (χ3n) is 2.19. The molecule has 0 atom stereocenters. The molecule has 1 N–H and O–H groups in total. The molecule has 1 amide bonds. The van der Waals surface area contributed by atoms with Gasteiger partial charge in [0.05, 0.1) is 0 Å². The molecule has 0 aliphatic rings. The van der Waals surface area contributed by atoms with Crippen molar-refractivity contribution in [1.82, 2.24) is 5.32 Å². The fourth-order valence-corrected chi connectivity index (χ4v) is 1.53. The SMILES string of the molecule is CC(=O)Oc1cccc(C(=O)NCCCC(=O)Cl)c1. The molecule has 0 aromatic heterocycles. The van der Waals surface area contributed by atoms with Gasteiger partial charge in [-0.15, -0.1) is 0 Å². The van der Waals surface area contributed by atoms with Gasteiger partial charge in [-0.25, -0.2) is 0 Å². The maximum atomic E-state index is 11.8. The first kappa shape index (κ1) is 15.2. The smallest absolute Gasteiger partial charge is 0.308 e. The lowest BCUT2D eigenvalue weighted by molar-refractivity contribution is -0.131. The van der Waals surface area contributed by atoms with Gasteiger partial charge in [-0.1, -0.05) is 6.07 Å². The maximum Gasteiger partial charge on any atom is 0.308 e. The van der Waals surface area contributed by atoms with E-state index in [1.807, 2.05) is 0 Å². The Morgan fingerprint density at radius 2 is 2.05 bits per heavy atom. The Bertz CT molecular complexity index is 487. The molecule has 0 unspecified atom stereocenters. The first-order valence-corrected chi connectivity index (χ1v) is 6.12. The van der Waals surface area contributed by atoms with Crippen molar-refractivity contribution in [3.05, 3.63) is 29.8 Å². The summed E-state index contributed by atoms with van der Waals surface area (Å²) in [5.74, 6) is -0.426. The Morgan fingerprint density at radius 1 is 1.32 bits per heavy atom. The second-order valence-corrected chi connectivity index (χ2v) is 4.26. The highest BCUT2D eigenvalue weighted by Gasteiger charge is 2.07. The third kappa shape index (κ3) is 6.01. The van der Waals surface area contributed by atoms with Crippen LogP contribution in [0.3, 0.4) is 0 Å². The Balaban J connectivity index is 2.52. The minimum Gasteiger partial charge on any atom is -0.427 e. The number of amides is 1. The molecular formula is C13H14ClNO4. The topological polar surface area (TPSA) is 72.5 Å². The van der Waals surface area contributed by atoms with E-state index in [9.17, 15) is 14.4 Å². The minimum absolute atomic E-state index is 0.218. The number of ether oxygens (including phenoxy) is 1. The highest BCUT2D eigenvalue weighted by atomic mass is 35.5. The van der Waals surface area contributed by atoms with Gasteiger partial charge in [0.2, 0.25) is 5.24 Å². The molecule has 6 heteroatoms. The third-order valence-corrected chi connectivity index (χ3v) is 2.38. The summed E-state index contributed by atoms with van der Waals surface area (Å²) in [5, 5.41) is 2.22. The van der Waals surface area contributed by atoms with Crippen LogP contribution in [0.1, 0.15) is 30.1 Å². The second kappa shape index (κ2) is 7.53. The number of rotatable bonds is 6. The molecule has 0 bridgehead atoms. The van der Waals surface area contributed by atoms with Gasteiger partial charge in [0.25, 0.3) is 5.91 Å². The number of carbonyl (C=O) groups excluding carboxylic acids is 3. The highest BCUT2D eigenvalue weighted by molar-refractivity contribution is 6.63. The van der Waals surface area contributed by atoms with Crippen molar-refractivity contribution >= 4 is 28.7 Å². The van der Waals surface area contributed by atoms with Crippen LogP contribution < -0.4 is 10.1 Å². The molecule has 19 heavy (non-hydrogen) atoms. The first-order chi connectivity index (χ1) is 8.99. The van der Waals surface area contributed by atoms with Crippen molar-refractivity contribution < 1.29 is 19.1 Å². The number of benzene rings is 1. The maximum absolute atomic E-state index is 11.8. The molecule has 0 radical (unpaired) electrons. The van der Waals surface area contributed by atoms with Crippen LogP contribution in [0.5, 0.6) is 5.75 Å². The van der Waals surface area contributed by atoms with Gasteiger partial charge in [-0.2, -0.15) is 0 Å². The standard InChI is InChI=1S/C13H14ClNO4/c1-9(16)19-11-5-2-4-10(8-11)13(18)15-7-3-6-12(14)17/h2,4-5,8H,3,6-7H2,1H3,(H,15,18). The van der Waals surface area contributed by atoms with E-state index in [4.69, 9.17) is 16.3 Å². The van der Waals surface area contributed by atoms with Gasteiger partial charge in [-0.3, -0.25) is 14.4 Å². The molecule has 0 aliphatic heterocycles. The van der Waals surface area contributed by atoms with Crippen LogP contribution in [-0.4, -0.2) is 23.7 Å². The summed E-state index contributed by atoms with van der Waals surface area (Å²) in [6.45, 7) is 1.64. The van der Waals surface area contributed by atoms with E-state index in [-0.39, 0.29) is 12.3 Å². The van der Waals surface area contributed by atoms with Crippen LogP contribution in [0, 0.1) is 0 Å². The van der Waals surface area contributed by atoms with Crippen molar-refractivity contribution in [3.63, 3.8) is 0 Å². The summed E-state index contributed by atoms with van der Waals surface area (Å²) < 4.78 is 4.88. The van der Waals surface area contributed by atoms with Gasteiger partial charge in [-0.05, 0) is 36.2 Å². The number of hydrogen-bond donors (Lipinski definition) is 1. The zero-order valence-electron chi connectivity index (χ0n) is 10.4. The molecule has 0 fully saturated rings. The fraction of sp³-hybridized carbons (Fsp3) is 0.308.